The minimum absolute atomic E-state index is 0.0991. The van der Waals surface area contributed by atoms with E-state index in [1.807, 2.05) is 36.4 Å². The molecule has 5 heteroatoms. The summed E-state index contributed by atoms with van der Waals surface area (Å²) >= 11 is 0. The number of phenols is 1. The quantitative estimate of drug-likeness (QED) is 0.589. The van der Waals surface area contributed by atoms with E-state index in [0.29, 0.717) is 12.3 Å². The Morgan fingerprint density at radius 1 is 1.06 bits per heavy atom. The van der Waals surface area contributed by atoms with E-state index < -0.39 is 17.9 Å². The van der Waals surface area contributed by atoms with Crippen molar-refractivity contribution in [2.24, 2.45) is 5.92 Å². The molecule has 2 N–H and O–H groups in total. The minimum atomic E-state index is -0.817. The molecule has 1 unspecified atom stereocenters. The second-order valence-corrected chi connectivity index (χ2v) is 9.54. The normalized spacial score (nSPS) is 17.1. The lowest BCUT2D eigenvalue weighted by Gasteiger charge is -2.27. The number of carbonyl (C=O) groups is 2. The Balaban J connectivity index is 1.61. The number of phenolic OH excluding ortho intramolecular Hbond substituents is 1. The first-order valence-corrected chi connectivity index (χ1v) is 12.4. The second kappa shape index (κ2) is 10.9. The molecular formula is C28H35NO4. The molecule has 1 atom stereocenters. The summed E-state index contributed by atoms with van der Waals surface area (Å²) in [6.07, 6.45) is 11.4. The number of hydrogen-bond acceptors (Lipinski definition) is 4. The van der Waals surface area contributed by atoms with Gasteiger partial charge in [0.15, 0.2) is 0 Å². The van der Waals surface area contributed by atoms with Gasteiger partial charge in [0.25, 0.3) is 5.91 Å². The van der Waals surface area contributed by atoms with E-state index in [1.165, 1.54) is 50.3 Å². The van der Waals surface area contributed by atoms with Crippen LogP contribution in [0.2, 0.25) is 0 Å². The highest BCUT2D eigenvalue weighted by atomic mass is 16.5. The summed E-state index contributed by atoms with van der Waals surface area (Å²) in [5.41, 5.74) is 4.59. The van der Waals surface area contributed by atoms with Crippen LogP contribution in [0.5, 0.6) is 5.75 Å². The highest BCUT2D eigenvalue weighted by Gasteiger charge is 2.28. The molecule has 1 fully saturated rings. The van der Waals surface area contributed by atoms with Crippen molar-refractivity contribution in [1.29, 1.82) is 0 Å². The van der Waals surface area contributed by atoms with Gasteiger partial charge in [0.05, 0.1) is 12.7 Å². The van der Waals surface area contributed by atoms with Crippen LogP contribution >= 0.6 is 0 Å². The Morgan fingerprint density at radius 3 is 2.52 bits per heavy atom. The summed E-state index contributed by atoms with van der Waals surface area (Å²) in [5.74, 6) is -0.249. The van der Waals surface area contributed by atoms with E-state index in [1.54, 1.807) is 0 Å². The van der Waals surface area contributed by atoms with Gasteiger partial charge in [0.1, 0.15) is 11.8 Å². The predicted molar refractivity (Wildman–Crippen MR) is 128 cm³/mol. The SMILES string of the molecule is COC(=O)C(Cc1ccccc1)NC(=O)c1cc2c(c(CC3CCCCC3)c1O)CCCC2. The fourth-order valence-corrected chi connectivity index (χ4v) is 5.47. The van der Waals surface area contributed by atoms with Crippen LogP contribution in [0.3, 0.4) is 0 Å². The molecule has 1 saturated carbocycles. The van der Waals surface area contributed by atoms with Gasteiger partial charge in [-0.2, -0.15) is 0 Å². The molecule has 1 amide bonds. The Hall–Kier alpha value is -2.82. The molecule has 0 radical (unpaired) electrons. The molecule has 2 aliphatic rings. The number of nitrogens with one attached hydrogen (secondary N) is 1. The smallest absolute Gasteiger partial charge is 0.328 e. The van der Waals surface area contributed by atoms with Crippen molar-refractivity contribution in [3.63, 3.8) is 0 Å². The number of amides is 1. The van der Waals surface area contributed by atoms with Crippen molar-refractivity contribution >= 4 is 11.9 Å². The summed E-state index contributed by atoms with van der Waals surface area (Å²) in [5, 5.41) is 14.1. The summed E-state index contributed by atoms with van der Waals surface area (Å²) in [6, 6.07) is 10.6. The summed E-state index contributed by atoms with van der Waals surface area (Å²) in [7, 11) is 1.32. The van der Waals surface area contributed by atoms with E-state index in [9.17, 15) is 14.7 Å². The van der Waals surface area contributed by atoms with Crippen molar-refractivity contribution in [2.75, 3.05) is 7.11 Å². The zero-order valence-corrected chi connectivity index (χ0v) is 19.6. The maximum absolute atomic E-state index is 13.3. The van der Waals surface area contributed by atoms with E-state index in [-0.39, 0.29) is 11.3 Å². The molecule has 0 spiro atoms. The van der Waals surface area contributed by atoms with Crippen molar-refractivity contribution in [3.8, 4) is 5.75 Å². The summed E-state index contributed by atoms with van der Waals surface area (Å²) < 4.78 is 4.95. The zero-order valence-electron chi connectivity index (χ0n) is 19.6. The highest BCUT2D eigenvalue weighted by molar-refractivity contribution is 6.00. The topological polar surface area (TPSA) is 75.6 Å². The molecule has 0 bridgehead atoms. The van der Waals surface area contributed by atoms with Crippen LogP contribution in [0.4, 0.5) is 0 Å². The van der Waals surface area contributed by atoms with Crippen molar-refractivity contribution in [2.45, 2.75) is 76.7 Å². The number of rotatable bonds is 7. The third-order valence-electron chi connectivity index (χ3n) is 7.27. The monoisotopic (exact) mass is 449 g/mol. The van der Waals surface area contributed by atoms with Crippen molar-refractivity contribution in [3.05, 3.63) is 64.2 Å². The molecular weight excluding hydrogens is 414 g/mol. The predicted octanol–water partition coefficient (Wildman–Crippen LogP) is 4.91. The lowest BCUT2D eigenvalue weighted by Crippen LogP contribution is -2.43. The number of benzene rings is 2. The first-order chi connectivity index (χ1) is 16.1. The molecule has 176 valence electrons. The molecule has 0 aliphatic heterocycles. The fourth-order valence-electron chi connectivity index (χ4n) is 5.47. The van der Waals surface area contributed by atoms with E-state index in [2.05, 4.69) is 5.32 Å². The number of carbonyl (C=O) groups excluding carboxylic acids is 2. The fraction of sp³-hybridized carbons (Fsp3) is 0.500. The maximum Gasteiger partial charge on any atom is 0.328 e. The van der Waals surface area contributed by atoms with Crippen LogP contribution in [-0.4, -0.2) is 30.1 Å². The average molecular weight is 450 g/mol. The average Bonchev–Trinajstić information content (AvgIpc) is 2.86. The van der Waals surface area contributed by atoms with Gasteiger partial charge < -0.3 is 15.2 Å². The van der Waals surface area contributed by atoms with Gasteiger partial charge in [-0.05, 0) is 66.3 Å². The van der Waals surface area contributed by atoms with Crippen LogP contribution in [0.25, 0.3) is 0 Å². The van der Waals surface area contributed by atoms with Gasteiger partial charge in [0, 0.05) is 6.42 Å². The molecule has 2 aliphatic carbocycles. The van der Waals surface area contributed by atoms with E-state index >= 15 is 0 Å². The Labute approximate surface area is 196 Å². The van der Waals surface area contributed by atoms with Crippen LogP contribution in [0, 0.1) is 5.92 Å². The molecule has 0 heterocycles. The van der Waals surface area contributed by atoms with Gasteiger partial charge in [-0.1, -0.05) is 62.4 Å². The molecule has 4 rings (SSSR count). The first kappa shape index (κ1) is 23.3. The third-order valence-corrected chi connectivity index (χ3v) is 7.27. The van der Waals surface area contributed by atoms with Gasteiger partial charge in [-0.25, -0.2) is 4.79 Å². The Bertz CT molecular complexity index is 979. The highest BCUT2D eigenvalue weighted by Crippen LogP contribution is 2.38. The number of methoxy groups -OCH3 is 1. The number of aromatic hydroxyl groups is 1. The number of esters is 1. The van der Waals surface area contributed by atoms with Gasteiger partial charge >= 0.3 is 5.97 Å². The molecule has 0 aromatic heterocycles. The molecule has 33 heavy (non-hydrogen) atoms. The zero-order chi connectivity index (χ0) is 23.2. The van der Waals surface area contributed by atoms with Crippen LogP contribution in [-0.2, 0) is 35.2 Å². The van der Waals surface area contributed by atoms with Crippen molar-refractivity contribution < 1.29 is 19.4 Å². The number of hydrogen-bond donors (Lipinski definition) is 2. The van der Waals surface area contributed by atoms with Gasteiger partial charge in [-0.15, -0.1) is 0 Å². The van der Waals surface area contributed by atoms with Crippen LogP contribution in [0.1, 0.15) is 77.6 Å². The van der Waals surface area contributed by atoms with E-state index in [4.69, 9.17) is 4.74 Å². The van der Waals surface area contributed by atoms with Crippen LogP contribution < -0.4 is 5.32 Å². The lowest BCUT2D eigenvalue weighted by molar-refractivity contribution is -0.142. The minimum Gasteiger partial charge on any atom is -0.507 e. The first-order valence-electron chi connectivity index (χ1n) is 12.4. The maximum atomic E-state index is 13.3. The lowest BCUT2D eigenvalue weighted by atomic mass is 9.79. The number of aryl methyl sites for hydroxylation is 1. The van der Waals surface area contributed by atoms with Gasteiger partial charge in [-0.3, -0.25) is 4.79 Å². The second-order valence-electron chi connectivity index (χ2n) is 9.54. The molecule has 2 aromatic carbocycles. The molecule has 5 nitrogen and oxygen atoms in total. The van der Waals surface area contributed by atoms with Gasteiger partial charge in [0.2, 0.25) is 0 Å². The van der Waals surface area contributed by atoms with Crippen molar-refractivity contribution in [1.82, 2.24) is 5.32 Å². The summed E-state index contributed by atoms with van der Waals surface area (Å²) in [4.78, 5) is 25.8. The Morgan fingerprint density at radius 2 is 1.79 bits per heavy atom. The molecule has 0 saturated heterocycles. The Kier molecular flexibility index (Phi) is 7.69. The summed E-state index contributed by atoms with van der Waals surface area (Å²) in [6.45, 7) is 0. The number of fused-ring (bicyclic) bond motifs is 1. The molecule has 2 aromatic rings. The largest absolute Gasteiger partial charge is 0.507 e. The third kappa shape index (κ3) is 5.58. The van der Waals surface area contributed by atoms with Crippen LogP contribution in [0.15, 0.2) is 36.4 Å². The van der Waals surface area contributed by atoms with E-state index in [0.717, 1.165) is 43.2 Å². The standard InChI is InChI=1S/C28H35NO4/c1-33-28(32)25(17-20-12-6-3-7-13-20)29-27(31)24-18-21-14-8-9-15-22(21)23(26(24)30)16-19-10-4-2-5-11-19/h3,6-7,12-13,18-19,25,30H,2,4-5,8-11,14-17H2,1H3,(H,29,31). The number of ether oxygens (including phenoxy) is 1.